The molecule has 1 saturated heterocycles. The number of nitrogens with zero attached hydrogens (tertiary/aromatic N) is 3. The van der Waals surface area contributed by atoms with Crippen LogP contribution in [0.2, 0.25) is 5.02 Å². The van der Waals surface area contributed by atoms with Gasteiger partial charge in [0.05, 0.1) is 16.4 Å². The Bertz CT molecular complexity index is 917. The number of aliphatic imine (C=N–C) groups is 1. The summed E-state index contributed by atoms with van der Waals surface area (Å²) in [7, 11) is 1.75. The third kappa shape index (κ3) is 5.44. The standard InChI is InChI=1S/C21H27ClN6S/c1-14(23)21(15(2)24-3)27-29-19-5-4-16(12-18(19)22)17-6-7-26-20(13-17)28-10-8-25-9-11-28/h4-7,12-13,25,27H,8-11,23H2,1-3H3. The Hall–Kier alpha value is -2.22. The van der Waals surface area contributed by atoms with Gasteiger partial charge in [0.25, 0.3) is 0 Å². The fourth-order valence-corrected chi connectivity index (χ4v) is 4.19. The molecule has 8 heteroatoms. The van der Waals surface area contributed by atoms with Crippen molar-refractivity contribution in [3.63, 3.8) is 0 Å². The molecule has 0 radical (unpaired) electrons. The van der Waals surface area contributed by atoms with E-state index in [1.54, 1.807) is 7.05 Å². The fraction of sp³-hybridized carbons (Fsp3) is 0.333. The Morgan fingerprint density at radius 1 is 1.21 bits per heavy atom. The second-order valence-electron chi connectivity index (χ2n) is 6.86. The van der Waals surface area contributed by atoms with E-state index in [4.69, 9.17) is 17.3 Å². The molecule has 0 atom stereocenters. The smallest absolute Gasteiger partial charge is 0.129 e. The van der Waals surface area contributed by atoms with Gasteiger partial charge in [-0.2, -0.15) is 0 Å². The molecule has 0 unspecified atom stereocenters. The molecule has 6 nitrogen and oxygen atoms in total. The molecule has 0 aliphatic carbocycles. The van der Waals surface area contributed by atoms with Crippen molar-refractivity contribution in [2.75, 3.05) is 38.1 Å². The van der Waals surface area contributed by atoms with Crippen LogP contribution < -0.4 is 20.7 Å². The molecule has 0 bridgehead atoms. The Kier molecular flexibility index (Phi) is 7.41. The van der Waals surface area contributed by atoms with Gasteiger partial charge >= 0.3 is 0 Å². The van der Waals surface area contributed by atoms with Crippen LogP contribution in [0.4, 0.5) is 5.82 Å². The molecule has 1 aliphatic heterocycles. The molecule has 0 saturated carbocycles. The minimum absolute atomic E-state index is 0.681. The van der Waals surface area contributed by atoms with Gasteiger partial charge in [0, 0.05) is 50.0 Å². The summed E-state index contributed by atoms with van der Waals surface area (Å²) in [5.41, 5.74) is 10.5. The van der Waals surface area contributed by atoms with Gasteiger partial charge in [-0.3, -0.25) is 4.99 Å². The number of benzene rings is 1. The van der Waals surface area contributed by atoms with Gasteiger partial charge in [-0.05, 0) is 61.2 Å². The summed E-state index contributed by atoms with van der Waals surface area (Å²) in [4.78, 5) is 12.0. The molecule has 0 spiro atoms. The van der Waals surface area contributed by atoms with Crippen LogP contribution in [0.1, 0.15) is 13.8 Å². The van der Waals surface area contributed by atoms with Crippen LogP contribution in [0.15, 0.2) is 57.8 Å². The van der Waals surface area contributed by atoms with Crippen molar-refractivity contribution >= 4 is 35.1 Å². The molecule has 2 aromatic rings. The van der Waals surface area contributed by atoms with E-state index in [0.29, 0.717) is 10.7 Å². The first-order valence-corrected chi connectivity index (χ1v) is 10.7. The minimum Gasteiger partial charge on any atom is -0.401 e. The van der Waals surface area contributed by atoms with E-state index in [1.165, 1.54) is 11.9 Å². The van der Waals surface area contributed by atoms with Gasteiger partial charge in [-0.1, -0.05) is 17.7 Å². The maximum atomic E-state index is 6.57. The first kappa shape index (κ1) is 21.5. The number of allylic oxidation sites excluding steroid dienone is 2. The second-order valence-corrected chi connectivity index (χ2v) is 8.11. The number of hydrogen-bond acceptors (Lipinski definition) is 7. The van der Waals surface area contributed by atoms with Gasteiger partial charge in [-0.25, -0.2) is 4.98 Å². The molecule has 29 heavy (non-hydrogen) atoms. The Morgan fingerprint density at radius 3 is 2.59 bits per heavy atom. The average Bonchev–Trinajstić information content (AvgIpc) is 2.75. The molecule has 1 fully saturated rings. The molecule has 1 aliphatic rings. The highest BCUT2D eigenvalue weighted by Crippen LogP contribution is 2.32. The third-order valence-electron chi connectivity index (χ3n) is 4.81. The average molecular weight is 431 g/mol. The van der Waals surface area contributed by atoms with Crippen LogP contribution in [-0.4, -0.2) is 43.9 Å². The lowest BCUT2D eigenvalue weighted by atomic mass is 10.1. The largest absolute Gasteiger partial charge is 0.401 e. The lowest BCUT2D eigenvalue weighted by molar-refractivity contribution is 0.585. The molecule has 1 aromatic carbocycles. The van der Waals surface area contributed by atoms with Crippen LogP contribution in [-0.2, 0) is 0 Å². The van der Waals surface area contributed by atoms with Crippen molar-refractivity contribution in [3.8, 4) is 11.1 Å². The number of anilines is 1. The molecule has 3 rings (SSSR count). The van der Waals surface area contributed by atoms with Crippen molar-refractivity contribution in [2.24, 2.45) is 10.7 Å². The Balaban J connectivity index is 1.77. The van der Waals surface area contributed by atoms with Crippen molar-refractivity contribution < 1.29 is 0 Å². The van der Waals surface area contributed by atoms with Gasteiger partial charge in [0.2, 0.25) is 0 Å². The molecule has 154 valence electrons. The number of rotatable bonds is 6. The van der Waals surface area contributed by atoms with Crippen LogP contribution in [0.5, 0.6) is 0 Å². The first-order chi connectivity index (χ1) is 14.0. The van der Waals surface area contributed by atoms with E-state index in [1.807, 2.05) is 38.2 Å². The van der Waals surface area contributed by atoms with Gasteiger partial charge in [0.15, 0.2) is 0 Å². The zero-order valence-electron chi connectivity index (χ0n) is 17.0. The third-order valence-corrected chi connectivity index (χ3v) is 6.11. The monoisotopic (exact) mass is 430 g/mol. The highest BCUT2D eigenvalue weighted by atomic mass is 35.5. The molecule has 0 amide bonds. The van der Waals surface area contributed by atoms with Crippen molar-refractivity contribution in [2.45, 2.75) is 18.7 Å². The quantitative estimate of drug-likeness (QED) is 0.479. The lowest BCUT2D eigenvalue weighted by Crippen LogP contribution is -2.43. The van der Waals surface area contributed by atoms with E-state index in [0.717, 1.165) is 59.4 Å². The molecule has 2 heterocycles. The predicted octanol–water partition coefficient (Wildman–Crippen LogP) is 3.69. The van der Waals surface area contributed by atoms with Crippen LogP contribution in [0.3, 0.4) is 0 Å². The number of pyridine rings is 1. The normalized spacial score (nSPS) is 15.9. The summed E-state index contributed by atoms with van der Waals surface area (Å²) < 4.78 is 3.27. The number of nitrogens with two attached hydrogens (primary N) is 1. The van der Waals surface area contributed by atoms with E-state index in [-0.39, 0.29) is 0 Å². The number of hydrogen-bond donors (Lipinski definition) is 3. The minimum atomic E-state index is 0.681. The fourth-order valence-electron chi connectivity index (χ4n) is 3.09. The van der Waals surface area contributed by atoms with E-state index >= 15 is 0 Å². The van der Waals surface area contributed by atoms with Crippen LogP contribution >= 0.6 is 23.5 Å². The maximum absolute atomic E-state index is 6.57. The number of halogens is 1. The van der Waals surface area contributed by atoms with Crippen LogP contribution in [0.25, 0.3) is 11.1 Å². The Morgan fingerprint density at radius 2 is 1.93 bits per heavy atom. The summed E-state index contributed by atoms with van der Waals surface area (Å²) in [5, 5.41) is 4.05. The summed E-state index contributed by atoms with van der Waals surface area (Å²) in [6.45, 7) is 7.67. The van der Waals surface area contributed by atoms with Gasteiger partial charge in [-0.15, -0.1) is 0 Å². The van der Waals surface area contributed by atoms with Crippen molar-refractivity contribution in [3.05, 3.63) is 52.9 Å². The van der Waals surface area contributed by atoms with Crippen molar-refractivity contribution in [1.82, 2.24) is 15.0 Å². The predicted molar refractivity (Wildman–Crippen MR) is 125 cm³/mol. The zero-order chi connectivity index (χ0) is 20.8. The summed E-state index contributed by atoms with van der Waals surface area (Å²) in [5.74, 6) is 1.00. The summed E-state index contributed by atoms with van der Waals surface area (Å²) in [6, 6.07) is 10.2. The van der Waals surface area contributed by atoms with Gasteiger partial charge < -0.3 is 20.7 Å². The van der Waals surface area contributed by atoms with E-state index < -0.39 is 0 Å². The highest BCUT2D eigenvalue weighted by Gasteiger charge is 2.13. The summed E-state index contributed by atoms with van der Waals surface area (Å²) in [6.07, 6.45) is 1.86. The first-order valence-electron chi connectivity index (χ1n) is 9.54. The lowest BCUT2D eigenvalue weighted by Gasteiger charge is -2.28. The van der Waals surface area contributed by atoms with E-state index in [9.17, 15) is 0 Å². The SMILES string of the molecule is CN=C(C)C(NSc1ccc(-c2ccnc(N3CCNCC3)c2)cc1Cl)=C(C)N. The molecule has 4 N–H and O–H groups in total. The number of nitrogens with one attached hydrogen (secondary N) is 2. The van der Waals surface area contributed by atoms with Gasteiger partial charge in [0.1, 0.15) is 5.82 Å². The summed E-state index contributed by atoms with van der Waals surface area (Å²) >= 11 is 8.00. The number of piperazine rings is 1. The second kappa shape index (κ2) is 10.0. The molecular weight excluding hydrogens is 404 g/mol. The van der Waals surface area contributed by atoms with Crippen molar-refractivity contribution in [1.29, 1.82) is 0 Å². The highest BCUT2D eigenvalue weighted by molar-refractivity contribution is 7.97. The zero-order valence-corrected chi connectivity index (χ0v) is 18.6. The Labute approximate surface area is 181 Å². The molecule has 1 aromatic heterocycles. The van der Waals surface area contributed by atoms with E-state index in [2.05, 4.69) is 37.0 Å². The van der Waals surface area contributed by atoms with Crippen LogP contribution in [0, 0.1) is 0 Å². The number of aromatic nitrogens is 1. The molecular formula is C21H27ClN6S. The topological polar surface area (TPSA) is 78.6 Å². The maximum Gasteiger partial charge on any atom is 0.129 e.